The number of para-hydroxylation sites is 4. The molecule has 0 aromatic heterocycles. The lowest BCUT2D eigenvalue weighted by atomic mass is 9.64. The summed E-state index contributed by atoms with van der Waals surface area (Å²) in [4.78, 5) is 1.83. The maximum atomic E-state index is 11.7. The average Bonchev–Trinajstić information content (AvgIpc) is 3.60. The molecule has 0 fully saturated rings. The number of phenolic OH excluding ortho intramolecular Hbond substituents is 1. The Morgan fingerprint density at radius 1 is 0.404 bits per heavy atom. The molecule has 57 heavy (non-hydrogen) atoms. The standard InChI is InChI=1S/C55H35NO/c57-53-24-12-11-23-52(53)56-50-21-9-7-19-46(50)55(47-20-8-10-22-51(47)56)48-33-40(39-27-25-35-13-1-3-15-37(35)31-39)29-30-44(48)54-43-18-6-5-17-42(43)45(34-49(54)55)41-28-26-36-14-2-4-16-38(36)32-41/h1-34,57H/i11D,12D,23D,24D. The molecule has 0 saturated carbocycles. The van der Waals surface area contributed by atoms with E-state index in [0.29, 0.717) is 0 Å². The molecule has 10 aromatic rings. The van der Waals surface area contributed by atoms with Gasteiger partial charge in [0.05, 0.1) is 28.0 Å². The van der Waals surface area contributed by atoms with Gasteiger partial charge in [-0.3, -0.25) is 0 Å². The van der Waals surface area contributed by atoms with Crippen LogP contribution in [0.3, 0.4) is 0 Å². The average molecular weight is 730 g/mol. The Hall–Kier alpha value is -7.42. The summed E-state index contributed by atoms with van der Waals surface area (Å²) in [5.74, 6) is -0.498. The molecular formula is C55H35NO. The van der Waals surface area contributed by atoms with E-state index >= 15 is 0 Å². The van der Waals surface area contributed by atoms with E-state index in [1.165, 1.54) is 21.5 Å². The summed E-state index contributed by atoms with van der Waals surface area (Å²) < 4.78 is 35.0. The molecule has 2 heteroatoms. The molecule has 1 heterocycles. The van der Waals surface area contributed by atoms with E-state index in [2.05, 4.69) is 146 Å². The first-order chi connectivity index (χ1) is 29.8. The van der Waals surface area contributed by atoms with Gasteiger partial charge in [0, 0.05) is 0 Å². The number of hydrogen-bond acceptors (Lipinski definition) is 2. The van der Waals surface area contributed by atoms with Gasteiger partial charge in [-0.2, -0.15) is 0 Å². The van der Waals surface area contributed by atoms with Crippen molar-refractivity contribution in [2.24, 2.45) is 0 Å². The molecule has 266 valence electrons. The van der Waals surface area contributed by atoms with Gasteiger partial charge in [-0.25, -0.2) is 0 Å². The number of fused-ring (bicyclic) bond motifs is 13. The highest BCUT2D eigenvalue weighted by atomic mass is 16.3. The maximum Gasteiger partial charge on any atom is 0.139 e. The topological polar surface area (TPSA) is 23.5 Å². The molecule has 12 rings (SSSR count). The zero-order valence-electron chi connectivity index (χ0n) is 34.7. The lowest BCUT2D eigenvalue weighted by Crippen LogP contribution is -2.36. The number of aromatic hydroxyl groups is 1. The van der Waals surface area contributed by atoms with Crippen LogP contribution in [0.15, 0.2) is 206 Å². The number of hydrogen-bond donors (Lipinski definition) is 1. The zero-order valence-corrected chi connectivity index (χ0v) is 30.7. The minimum Gasteiger partial charge on any atom is -0.506 e. The highest BCUT2D eigenvalue weighted by Crippen LogP contribution is 2.65. The van der Waals surface area contributed by atoms with Gasteiger partial charge in [-0.05, 0) is 136 Å². The molecule has 1 spiro atoms. The summed E-state index contributed by atoms with van der Waals surface area (Å²) in [6, 6.07) is 62.8. The highest BCUT2D eigenvalue weighted by molar-refractivity contribution is 6.12. The van der Waals surface area contributed by atoms with Gasteiger partial charge in [0.1, 0.15) is 5.75 Å². The third-order valence-electron chi connectivity index (χ3n) is 12.3. The van der Waals surface area contributed by atoms with Crippen LogP contribution >= 0.6 is 0 Å². The Balaban J connectivity index is 1.23. The van der Waals surface area contributed by atoms with E-state index < -0.39 is 29.3 Å². The van der Waals surface area contributed by atoms with Crippen LogP contribution in [-0.4, -0.2) is 5.11 Å². The van der Waals surface area contributed by atoms with Crippen molar-refractivity contribution in [1.29, 1.82) is 0 Å². The fraction of sp³-hybridized carbons (Fsp3) is 0.0182. The molecule has 1 N–H and O–H groups in total. The normalized spacial score (nSPS) is 14.4. The fourth-order valence-corrected chi connectivity index (χ4v) is 9.85. The van der Waals surface area contributed by atoms with E-state index in [1.54, 1.807) is 0 Å². The summed E-state index contributed by atoms with van der Waals surface area (Å²) in [7, 11) is 0. The third-order valence-corrected chi connectivity index (χ3v) is 12.3. The predicted octanol–water partition coefficient (Wildman–Crippen LogP) is 14.3. The van der Waals surface area contributed by atoms with E-state index in [4.69, 9.17) is 4.11 Å². The van der Waals surface area contributed by atoms with Crippen molar-refractivity contribution in [3.05, 3.63) is 228 Å². The molecule has 2 aliphatic rings. The molecule has 1 aliphatic carbocycles. The van der Waals surface area contributed by atoms with Crippen LogP contribution in [0.25, 0.3) is 65.7 Å². The lowest BCUT2D eigenvalue weighted by Gasteiger charge is -2.45. The number of phenols is 1. The maximum absolute atomic E-state index is 11.7. The zero-order chi connectivity index (χ0) is 41.1. The van der Waals surface area contributed by atoms with Gasteiger partial charge >= 0.3 is 0 Å². The number of anilines is 3. The van der Waals surface area contributed by atoms with Crippen LogP contribution in [0, 0.1) is 0 Å². The molecule has 10 aromatic carbocycles. The predicted molar refractivity (Wildman–Crippen MR) is 237 cm³/mol. The Kier molecular flexibility index (Phi) is 5.93. The molecule has 0 amide bonds. The summed E-state index contributed by atoms with van der Waals surface area (Å²) >= 11 is 0. The molecule has 0 unspecified atom stereocenters. The van der Waals surface area contributed by atoms with Crippen LogP contribution in [0.2, 0.25) is 0 Å². The lowest BCUT2D eigenvalue weighted by molar-refractivity contribution is 0.476. The largest absolute Gasteiger partial charge is 0.506 e. The van der Waals surface area contributed by atoms with Crippen molar-refractivity contribution in [1.82, 2.24) is 0 Å². The first kappa shape index (κ1) is 28.1. The Bertz CT molecular complexity index is 3440. The molecule has 0 radical (unpaired) electrons. The van der Waals surface area contributed by atoms with Gasteiger partial charge in [0.15, 0.2) is 0 Å². The second kappa shape index (κ2) is 12.0. The minimum absolute atomic E-state index is 0.0134. The van der Waals surface area contributed by atoms with Gasteiger partial charge in [0.25, 0.3) is 0 Å². The first-order valence-electron chi connectivity index (χ1n) is 21.3. The second-order valence-electron chi connectivity index (χ2n) is 15.1. The minimum atomic E-state index is -0.891. The van der Waals surface area contributed by atoms with Gasteiger partial charge < -0.3 is 10.0 Å². The van der Waals surface area contributed by atoms with Gasteiger partial charge in [0.2, 0.25) is 0 Å². The highest BCUT2D eigenvalue weighted by Gasteiger charge is 2.52. The monoisotopic (exact) mass is 729 g/mol. The van der Waals surface area contributed by atoms with Crippen molar-refractivity contribution in [3.63, 3.8) is 0 Å². The first-order valence-corrected chi connectivity index (χ1v) is 19.3. The van der Waals surface area contributed by atoms with E-state index in [1.807, 2.05) is 41.3 Å². The van der Waals surface area contributed by atoms with E-state index in [9.17, 15) is 6.48 Å². The quantitative estimate of drug-likeness (QED) is 0.196. The van der Waals surface area contributed by atoms with Crippen molar-refractivity contribution in [3.8, 4) is 39.1 Å². The molecular weight excluding hydrogens is 691 g/mol. The van der Waals surface area contributed by atoms with E-state index in [0.717, 1.165) is 77.8 Å². The SMILES string of the molecule is [2H]c1c([2H])c([2H])c(N2c3ccccc3C3(c4cc(-c5ccc6ccccc6c5)ccc4-c4c3cc(-c3ccc5ccccc5c3)c3ccccc43)c3ccccc32)c(O)c1[2H]. The smallest absolute Gasteiger partial charge is 0.139 e. The summed E-state index contributed by atoms with van der Waals surface area (Å²) in [6.45, 7) is 0. The van der Waals surface area contributed by atoms with Crippen LogP contribution in [0.4, 0.5) is 17.1 Å². The summed E-state index contributed by atoms with van der Waals surface area (Å²) in [5.41, 5.74) is 11.4. The molecule has 2 nitrogen and oxygen atoms in total. The van der Waals surface area contributed by atoms with Crippen molar-refractivity contribution in [2.75, 3.05) is 4.90 Å². The van der Waals surface area contributed by atoms with Gasteiger partial charge in [-0.15, -0.1) is 0 Å². The number of rotatable bonds is 3. The van der Waals surface area contributed by atoms with E-state index in [-0.39, 0.29) is 11.7 Å². The van der Waals surface area contributed by atoms with Crippen LogP contribution in [0.1, 0.15) is 27.7 Å². The van der Waals surface area contributed by atoms with Crippen molar-refractivity contribution in [2.45, 2.75) is 5.41 Å². The molecule has 0 bridgehead atoms. The number of nitrogens with zero attached hydrogens (tertiary/aromatic N) is 1. The van der Waals surface area contributed by atoms with Crippen LogP contribution < -0.4 is 4.90 Å². The van der Waals surface area contributed by atoms with Gasteiger partial charge in [-0.1, -0.05) is 158 Å². The van der Waals surface area contributed by atoms with Crippen molar-refractivity contribution >= 4 is 49.4 Å². The second-order valence-corrected chi connectivity index (χ2v) is 15.1. The third kappa shape index (κ3) is 4.47. The summed E-state index contributed by atoms with van der Waals surface area (Å²) in [6.07, 6.45) is 0. The molecule has 1 aliphatic heterocycles. The molecule has 0 saturated heterocycles. The van der Waals surface area contributed by atoms with Crippen molar-refractivity contribution < 1.29 is 10.6 Å². The molecule has 0 atom stereocenters. The van der Waals surface area contributed by atoms with Crippen LogP contribution in [0.5, 0.6) is 5.75 Å². The Labute approximate surface area is 336 Å². The van der Waals surface area contributed by atoms with Crippen LogP contribution in [-0.2, 0) is 5.41 Å². The fourth-order valence-electron chi connectivity index (χ4n) is 9.85. The summed E-state index contributed by atoms with van der Waals surface area (Å²) in [5, 5.41) is 18.7. The Morgan fingerprint density at radius 3 is 1.67 bits per heavy atom. The number of benzene rings is 10. The Morgan fingerprint density at radius 2 is 0.947 bits per heavy atom.